The molecule has 0 spiro atoms. The van der Waals surface area contributed by atoms with Crippen LogP contribution >= 0.6 is 0 Å². The van der Waals surface area contributed by atoms with Crippen LogP contribution in [0.1, 0.15) is 5.56 Å². The van der Waals surface area contributed by atoms with Crippen LogP contribution in [0, 0.1) is 5.82 Å². The van der Waals surface area contributed by atoms with Crippen molar-refractivity contribution in [2.75, 3.05) is 11.4 Å². The minimum absolute atomic E-state index is 0.137. The first-order valence-corrected chi connectivity index (χ1v) is 7.19. The van der Waals surface area contributed by atoms with Crippen LogP contribution in [0.5, 0.6) is 0 Å². The number of pyridine rings is 1. The molecule has 0 radical (unpaired) electrons. The van der Waals surface area contributed by atoms with Crippen molar-refractivity contribution in [3.63, 3.8) is 0 Å². The van der Waals surface area contributed by atoms with Crippen LogP contribution in [0.15, 0.2) is 47.6 Å². The first-order chi connectivity index (χ1) is 9.45. The first kappa shape index (κ1) is 14.4. The highest BCUT2D eigenvalue weighted by atomic mass is 32.2. The predicted octanol–water partition coefficient (Wildman–Crippen LogP) is 1.54. The summed E-state index contributed by atoms with van der Waals surface area (Å²) >= 11 is 0. The van der Waals surface area contributed by atoms with Gasteiger partial charge < -0.3 is 5.11 Å². The third-order valence-electron chi connectivity index (χ3n) is 2.80. The summed E-state index contributed by atoms with van der Waals surface area (Å²) in [4.78, 5) is 3.82. The summed E-state index contributed by atoms with van der Waals surface area (Å²) in [6.07, 6.45) is 1.30. The van der Waals surface area contributed by atoms with Crippen LogP contribution in [0.2, 0.25) is 0 Å². The molecule has 1 aromatic heterocycles. The molecule has 0 aliphatic rings. The monoisotopic (exact) mass is 296 g/mol. The highest BCUT2D eigenvalue weighted by molar-refractivity contribution is 7.92. The molecule has 2 aromatic rings. The van der Waals surface area contributed by atoms with Crippen molar-refractivity contribution in [2.45, 2.75) is 11.6 Å². The molecule has 1 N–H and O–H groups in total. The quantitative estimate of drug-likeness (QED) is 0.929. The molecule has 0 saturated carbocycles. The van der Waals surface area contributed by atoms with E-state index in [2.05, 4.69) is 4.98 Å². The average Bonchev–Trinajstić information content (AvgIpc) is 2.47. The van der Waals surface area contributed by atoms with E-state index < -0.39 is 15.8 Å². The van der Waals surface area contributed by atoms with E-state index in [1.54, 1.807) is 0 Å². The van der Waals surface area contributed by atoms with Gasteiger partial charge in [0.15, 0.2) is 5.03 Å². The Kier molecular flexibility index (Phi) is 4.01. The van der Waals surface area contributed by atoms with Crippen molar-refractivity contribution in [3.8, 4) is 0 Å². The molecule has 0 atom stereocenters. The Balaban J connectivity index is 2.35. The number of sulfonamides is 1. The minimum atomic E-state index is -3.81. The van der Waals surface area contributed by atoms with Crippen LogP contribution < -0.4 is 4.31 Å². The molecule has 0 saturated heterocycles. The molecule has 0 unspecified atom stereocenters. The standard InChI is InChI=1S/C13H13FN2O3S/c1-16(12-5-3-11(14)4-6-12)20(18,19)13-7-2-10(9-17)8-15-13/h2-8,17H,9H2,1H3. The van der Waals surface area contributed by atoms with Gasteiger partial charge in [0.05, 0.1) is 12.3 Å². The number of anilines is 1. The molecule has 0 bridgehead atoms. The van der Waals surface area contributed by atoms with Gasteiger partial charge in [0.25, 0.3) is 10.0 Å². The van der Waals surface area contributed by atoms with Crippen molar-refractivity contribution in [1.82, 2.24) is 4.98 Å². The summed E-state index contributed by atoms with van der Waals surface area (Å²) in [6, 6.07) is 7.91. The topological polar surface area (TPSA) is 70.5 Å². The molecule has 0 amide bonds. The number of aliphatic hydroxyl groups excluding tert-OH is 1. The molecule has 1 heterocycles. The van der Waals surface area contributed by atoms with Crippen LogP contribution in [-0.2, 0) is 16.6 Å². The lowest BCUT2D eigenvalue weighted by atomic mass is 10.3. The van der Waals surface area contributed by atoms with E-state index in [1.807, 2.05) is 0 Å². The maximum Gasteiger partial charge on any atom is 0.281 e. The highest BCUT2D eigenvalue weighted by Gasteiger charge is 2.22. The molecule has 0 aliphatic heterocycles. The zero-order chi connectivity index (χ0) is 14.8. The Morgan fingerprint density at radius 3 is 2.35 bits per heavy atom. The van der Waals surface area contributed by atoms with E-state index in [0.29, 0.717) is 11.3 Å². The van der Waals surface area contributed by atoms with Gasteiger partial charge in [0.1, 0.15) is 5.82 Å². The van der Waals surface area contributed by atoms with Crippen molar-refractivity contribution >= 4 is 15.7 Å². The van der Waals surface area contributed by atoms with Gasteiger partial charge in [-0.1, -0.05) is 6.07 Å². The van der Waals surface area contributed by atoms with Crippen molar-refractivity contribution in [2.24, 2.45) is 0 Å². The van der Waals surface area contributed by atoms with Gasteiger partial charge in [-0.05, 0) is 35.9 Å². The number of benzene rings is 1. The summed E-state index contributed by atoms with van der Waals surface area (Å²) in [6.45, 7) is -0.207. The Bertz CT molecular complexity index is 685. The third-order valence-corrected chi connectivity index (χ3v) is 4.50. The number of rotatable bonds is 4. The Hall–Kier alpha value is -1.99. The van der Waals surface area contributed by atoms with Crippen LogP contribution in [-0.4, -0.2) is 25.6 Å². The number of hydrogen-bond acceptors (Lipinski definition) is 4. The molecule has 0 fully saturated rings. The minimum Gasteiger partial charge on any atom is -0.392 e. The molecule has 0 aliphatic carbocycles. The maximum atomic E-state index is 12.8. The molecule has 20 heavy (non-hydrogen) atoms. The van der Waals surface area contributed by atoms with Crippen LogP contribution in [0.3, 0.4) is 0 Å². The number of aromatic nitrogens is 1. The number of nitrogens with zero attached hydrogens (tertiary/aromatic N) is 2. The number of hydrogen-bond donors (Lipinski definition) is 1. The predicted molar refractivity (Wildman–Crippen MR) is 72.1 cm³/mol. The van der Waals surface area contributed by atoms with E-state index >= 15 is 0 Å². The average molecular weight is 296 g/mol. The Labute approximate surface area is 116 Å². The fourth-order valence-electron chi connectivity index (χ4n) is 1.59. The summed E-state index contributed by atoms with van der Waals surface area (Å²) < 4.78 is 38.5. The Morgan fingerprint density at radius 1 is 1.20 bits per heavy atom. The summed E-state index contributed by atoms with van der Waals surface area (Å²) in [5.74, 6) is -0.440. The van der Waals surface area contributed by atoms with E-state index in [-0.39, 0.29) is 11.6 Å². The van der Waals surface area contributed by atoms with Gasteiger partial charge in [-0.3, -0.25) is 4.31 Å². The van der Waals surface area contributed by atoms with E-state index in [1.165, 1.54) is 49.6 Å². The van der Waals surface area contributed by atoms with Gasteiger partial charge in [-0.15, -0.1) is 0 Å². The van der Waals surface area contributed by atoms with Gasteiger partial charge in [0.2, 0.25) is 0 Å². The normalized spacial score (nSPS) is 11.3. The molecule has 106 valence electrons. The molecular weight excluding hydrogens is 283 g/mol. The zero-order valence-corrected chi connectivity index (χ0v) is 11.5. The molecule has 5 nitrogen and oxygen atoms in total. The van der Waals surface area contributed by atoms with Crippen molar-refractivity contribution in [3.05, 3.63) is 54.0 Å². The molecule has 7 heteroatoms. The van der Waals surface area contributed by atoms with E-state index in [0.717, 1.165) is 4.31 Å². The number of aliphatic hydroxyl groups is 1. The van der Waals surface area contributed by atoms with Crippen molar-refractivity contribution in [1.29, 1.82) is 0 Å². The van der Waals surface area contributed by atoms with Gasteiger partial charge >= 0.3 is 0 Å². The smallest absolute Gasteiger partial charge is 0.281 e. The largest absolute Gasteiger partial charge is 0.392 e. The molecular formula is C13H13FN2O3S. The second-order valence-corrected chi connectivity index (χ2v) is 6.03. The van der Waals surface area contributed by atoms with Gasteiger partial charge in [-0.2, -0.15) is 8.42 Å². The highest BCUT2D eigenvalue weighted by Crippen LogP contribution is 2.21. The summed E-state index contributed by atoms with van der Waals surface area (Å²) in [5, 5.41) is 8.77. The SMILES string of the molecule is CN(c1ccc(F)cc1)S(=O)(=O)c1ccc(CO)cn1. The first-order valence-electron chi connectivity index (χ1n) is 5.75. The fourth-order valence-corrected chi connectivity index (χ4v) is 2.69. The lowest BCUT2D eigenvalue weighted by molar-refractivity contribution is 0.281. The van der Waals surface area contributed by atoms with Crippen LogP contribution in [0.4, 0.5) is 10.1 Å². The zero-order valence-electron chi connectivity index (χ0n) is 10.7. The number of halogens is 1. The van der Waals surface area contributed by atoms with Gasteiger partial charge in [-0.25, -0.2) is 9.37 Å². The summed E-state index contributed by atoms with van der Waals surface area (Å²) in [7, 11) is -2.45. The molecule has 1 aromatic carbocycles. The van der Waals surface area contributed by atoms with Gasteiger partial charge in [0, 0.05) is 13.2 Å². The third kappa shape index (κ3) is 2.78. The van der Waals surface area contributed by atoms with E-state index in [9.17, 15) is 12.8 Å². The maximum absolute atomic E-state index is 12.8. The van der Waals surface area contributed by atoms with Crippen LogP contribution in [0.25, 0.3) is 0 Å². The van der Waals surface area contributed by atoms with E-state index in [4.69, 9.17) is 5.11 Å². The second kappa shape index (κ2) is 5.56. The fraction of sp³-hybridized carbons (Fsp3) is 0.154. The Morgan fingerprint density at radius 2 is 1.85 bits per heavy atom. The lowest BCUT2D eigenvalue weighted by Crippen LogP contribution is -2.27. The second-order valence-electron chi connectivity index (χ2n) is 4.11. The van der Waals surface area contributed by atoms with Crippen molar-refractivity contribution < 1.29 is 17.9 Å². The lowest BCUT2D eigenvalue weighted by Gasteiger charge is -2.18. The molecule has 2 rings (SSSR count). The summed E-state index contributed by atoms with van der Waals surface area (Å²) in [5.41, 5.74) is 0.854.